The molecule has 2 aromatic carbocycles. The zero-order chi connectivity index (χ0) is 21.1. The van der Waals surface area contributed by atoms with Crippen molar-refractivity contribution < 1.29 is 18.4 Å². The van der Waals surface area contributed by atoms with Crippen molar-refractivity contribution in [2.45, 2.75) is 18.8 Å². The number of amides is 2. The molecule has 1 N–H and O–H groups in total. The van der Waals surface area contributed by atoms with Gasteiger partial charge in [-0.05, 0) is 37.1 Å². The second kappa shape index (κ2) is 8.66. The van der Waals surface area contributed by atoms with Gasteiger partial charge < -0.3 is 10.2 Å². The Hall–Kier alpha value is -3.20. The van der Waals surface area contributed by atoms with E-state index in [4.69, 9.17) is 0 Å². The van der Waals surface area contributed by atoms with E-state index >= 15 is 0 Å². The molecule has 2 heterocycles. The summed E-state index contributed by atoms with van der Waals surface area (Å²) in [6.07, 6.45) is 1.41. The highest BCUT2D eigenvalue weighted by molar-refractivity contribution is 7.13. The Labute approximate surface area is 175 Å². The van der Waals surface area contributed by atoms with Crippen LogP contribution in [0.15, 0.2) is 48.5 Å². The van der Waals surface area contributed by atoms with Gasteiger partial charge in [-0.1, -0.05) is 35.6 Å². The SMILES string of the molecule is O=C(Nc1ccccc1)c1nnc([C@H]2CCCN(C(=O)c3c(F)cccc3F)C2)s1. The monoisotopic (exact) mass is 428 g/mol. The zero-order valence-electron chi connectivity index (χ0n) is 15.8. The minimum Gasteiger partial charge on any atom is -0.338 e. The molecular formula is C21H18F2N4O2S. The van der Waals surface area contributed by atoms with Gasteiger partial charge in [0.2, 0.25) is 5.01 Å². The smallest absolute Gasteiger partial charge is 0.286 e. The van der Waals surface area contributed by atoms with Crippen LogP contribution in [0, 0.1) is 11.6 Å². The highest BCUT2D eigenvalue weighted by Gasteiger charge is 2.30. The van der Waals surface area contributed by atoms with Crippen LogP contribution in [0.5, 0.6) is 0 Å². The van der Waals surface area contributed by atoms with Crippen LogP contribution in [0.4, 0.5) is 14.5 Å². The van der Waals surface area contributed by atoms with Crippen molar-refractivity contribution in [3.05, 3.63) is 75.7 Å². The summed E-state index contributed by atoms with van der Waals surface area (Å²) in [7, 11) is 0. The largest absolute Gasteiger partial charge is 0.338 e. The van der Waals surface area contributed by atoms with E-state index in [1.165, 1.54) is 11.0 Å². The number of piperidine rings is 1. The number of anilines is 1. The molecule has 1 fully saturated rings. The van der Waals surface area contributed by atoms with Gasteiger partial charge in [0.1, 0.15) is 22.2 Å². The van der Waals surface area contributed by atoms with Crippen LogP contribution in [-0.2, 0) is 0 Å². The number of hydrogen-bond acceptors (Lipinski definition) is 5. The summed E-state index contributed by atoms with van der Waals surface area (Å²) in [6.45, 7) is 0.671. The average Bonchev–Trinajstić information content (AvgIpc) is 3.25. The first-order valence-electron chi connectivity index (χ1n) is 9.46. The number of likely N-dealkylation sites (tertiary alicyclic amines) is 1. The third kappa shape index (κ3) is 4.20. The van der Waals surface area contributed by atoms with E-state index in [0.29, 0.717) is 23.7 Å². The van der Waals surface area contributed by atoms with Crippen LogP contribution in [0.1, 0.15) is 43.9 Å². The molecule has 4 rings (SSSR count). The van der Waals surface area contributed by atoms with Gasteiger partial charge >= 0.3 is 0 Å². The molecule has 0 bridgehead atoms. The molecule has 1 saturated heterocycles. The normalized spacial score (nSPS) is 16.3. The van der Waals surface area contributed by atoms with Crippen LogP contribution < -0.4 is 5.32 Å². The molecule has 9 heteroatoms. The van der Waals surface area contributed by atoms with E-state index in [0.717, 1.165) is 29.9 Å². The number of para-hydroxylation sites is 1. The van der Waals surface area contributed by atoms with Crippen molar-refractivity contribution in [3.63, 3.8) is 0 Å². The van der Waals surface area contributed by atoms with Crippen molar-refractivity contribution in [3.8, 4) is 0 Å². The number of carbonyl (C=O) groups is 2. The maximum atomic E-state index is 14.0. The molecule has 0 aliphatic carbocycles. The Morgan fingerprint density at radius 3 is 2.50 bits per heavy atom. The molecule has 6 nitrogen and oxygen atoms in total. The highest BCUT2D eigenvalue weighted by atomic mass is 32.1. The summed E-state index contributed by atoms with van der Waals surface area (Å²) in [5.74, 6) is -2.94. The fraction of sp³-hybridized carbons (Fsp3) is 0.238. The summed E-state index contributed by atoms with van der Waals surface area (Å²) >= 11 is 1.16. The van der Waals surface area contributed by atoms with Gasteiger partial charge in [0.05, 0.1) is 0 Å². The van der Waals surface area contributed by atoms with Gasteiger partial charge in [0.25, 0.3) is 11.8 Å². The van der Waals surface area contributed by atoms with E-state index in [9.17, 15) is 18.4 Å². The van der Waals surface area contributed by atoms with Gasteiger partial charge in [-0.15, -0.1) is 10.2 Å². The molecule has 2 amide bonds. The summed E-state index contributed by atoms with van der Waals surface area (Å²) in [6, 6.07) is 12.4. The summed E-state index contributed by atoms with van der Waals surface area (Å²) in [4.78, 5) is 26.5. The lowest BCUT2D eigenvalue weighted by Crippen LogP contribution is -2.39. The van der Waals surface area contributed by atoms with Gasteiger partial charge in [-0.3, -0.25) is 9.59 Å². The molecule has 0 saturated carbocycles. The van der Waals surface area contributed by atoms with Crippen molar-refractivity contribution in [1.29, 1.82) is 0 Å². The number of hydrogen-bond donors (Lipinski definition) is 1. The topological polar surface area (TPSA) is 75.2 Å². The molecule has 1 aliphatic heterocycles. The molecule has 3 aromatic rings. The Morgan fingerprint density at radius 1 is 1.03 bits per heavy atom. The van der Waals surface area contributed by atoms with Crippen LogP contribution in [0.3, 0.4) is 0 Å². The van der Waals surface area contributed by atoms with Crippen LogP contribution in [-0.4, -0.2) is 40.0 Å². The molecule has 1 atom stereocenters. The van der Waals surface area contributed by atoms with E-state index in [2.05, 4.69) is 15.5 Å². The summed E-state index contributed by atoms with van der Waals surface area (Å²) in [5.41, 5.74) is 0.110. The predicted octanol–water partition coefficient (Wildman–Crippen LogP) is 4.09. The summed E-state index contributed by atoms with van der Waals surface area (Å²) < 4.78 is 28.0. The molecule has 0 spiro atoms. The Morgan fingerprint density at radius 2 is 1.77 bits per heavy atom. The van der Waals surface area contributed by atoms with E-state index in [1.807, 2.05) is 18.2 Å². The van der Waals surface area contributed by atoms with Gasteiger partial charge in [0.15, 0.2) is 0 Å². The summed E-state index contributed by atoms with van der Waals surface area (Å²) in [5, 5.41) is 11.7. The lowest BCUT2D eigenvalue weighted by Gasteiger charge is -2.31. The first-order chi connectivity index (χ1) is 14.5. The fourth-order valence-corrected chi connectivity index (χ4v) is 4.28. The highest BCUT2D eigenvalue weighted by Crippen LogP contribution is 2.30. The van der Waals surface area contributed by atoms with E-state index < -0.39 is 23.1 Å². The first kappa shape index (κ1) is 20.1. The maximum absolute atomic E-state index is 14.0. The number of carbonyl (C=O) groups excluding carboxylic acids is 2. The lowest BCUT2D eigenvalue weighted by atomic mass is 9.98. The van der Waals surface area contributed by atoms with Crippen LogP contribution >= 0.6 is 11.3 Å². The average molecular weight is 428 g/mol. The molecule has 0 unspecified atom stereocenters. The Balaban J connectivity index is 1.46. The van der Waals surface area contributed by atoms with Crippen molar-refractivity contribution in [2.24, 2.45) is 0 Å². The number of benzene rings is 2. The van der Waals surface area contributed by atoms with Crippen molar-refractivity contribution in [2.75, 3.05) is 18.4 Å². The predicted molar refractivity (Wildman–Crippen MR) is 109 cm³/mol. The van der Waals surface area contributed by atoms with Crippen molar-refractivity contribution >= 4 is 28.8 Å². The second-order valence-electron chi connectivity index (χ2n) is 6.95. The molecule has 154 valence electrons. The molecule has 0 radical (unpaired) electrons. The molecule has 30 heavy (non-hydrogen) atoms. The number of nitrogens with one attached hydrogen (secondary N) is 1. The van der Waals surface area contributed by atoms with Gasteiger partial charge in [0, 0.05) is 24.7 Å². The lowest BCUT2D eigenvalue weighted by molar-refractivity contribution is 0.0696. The number of aromatic nitrogens is 2. The van der Waals surface area contributed by atoms with Crippen molar-refractivity contribution in [1.82, 2.24) is 15.1 Å². The Bertz CT molecular complexity index is 1050. The van der Waals surface area contributed by atoms with Crippen LogP contribution in [0.2, 0.25) is 0 Å². The van der Waals surface area contributed by atoms with Crippen LogP contribution in [0.25, 0.3) is 0 Å². The van der Waals surface area contributed by atoms with E-state index in [-0.39, 0.29) is 23.4 Å². The molecular weight excluding hydrogens is 410 g/mol. The number of rotatable bonds is 4. The van der Waals surface area contributed by atoms with Gasteiger partial charge in [-0.2, -0.15) is 0 Å². The standard InChI is InChI=1S/C21H18F2N4O2S/c22-15-9-4-10-16(23)17(15)21(29)27-11-5-6-13(12-27)19-25-26-20(30-19)18(28)24-14-7-2-1-3-8-14/h1-4,7-10,13H,5-6,11-12H2,(H,24,28)/t13-/m0/s1. The third-order valence-corrected chi connectivity index (χ3v) is 5.99. The second-order valence-corrected chi connectivity index (χ2v) is 7.96. The molecule has 1 aromatic heterocycles. The zero-order valence-corrected chi connectivity index (χ0v) is 16.7. The number of nitrogens with zero attached hydrogens (tertiary/aromatic N) is 3. The quantitative estimate of drug-likeness (QED) is 0.679. The minimum absolute atomic E-state index is 0.145. The first-order valence-corrected chi connectivity index (χ1v) is 10.3. The van der Waals surface area contributed by atoms with Gasteiger partial charge in [-0.25, -0.2) is 8.78 Å². The minimum atomic E-state index is -0.877. The number of halogens is 2. The Kier molecular flexibility index (Phi) is 5.80. The third-order valence-electron chi connectivity index (χ3n) is 4.90. The van der Waals surface area contributed by atoms with E-state index in [1.54, 1.807) is 12.1 Å². The fourth-order valence-electron chi connectivity index (χ4n) is 3.42. The molecule has 1 aliphatic rings. The maximum Gasteiger partial charge on any atom is 0.286 e.